The molecule has 0 N–H and O–H groups in total. The zero-order chi connectivity index (χ0) is 13.1. The Labute approximate surface area is 109 Å². The van der Waals surface area contributed by atoms with Crippen molar-refractivity contribution < 1.29 is 4.79 Å². The van der Waals surface area contributed by atoms with E-state index in [1.165, 1.54) is 0 Å². The first-order valence-corrected chi connectivity index (χ1v) is 6.36. The van der Waals surface area contributed by atoms with Gasteiger partial charge in [-0.3, -0.25) is 4.90 Å². The number of urea groups is 1. The summed E-state index contributed by atoms with van der Waals surface area (Å²) in [6.45, 7) is 5.56. The van der Waals surface area contributed by atoms with Crippen LogP contribution in [0.3, 0.4) is 0 Å². The maximum Gasteiger partial charge on any atom is 0.324 e. The molecule has 0 radical (unpaired) electrons. The molecule has 0 aromatic heterocycles. The summed E-state index contributed by atoms with van der Waals surface area (Å²) in [5.74, 6) is 0. The third-order valence-corrected chi connectivity index (χ3v) is 3.54. The van der Waals surface area contributed by atoms with Crippen LogP contribution in [-0.4, -0.2) is 56.1 Å². The third-order valence-electron chi connectivity index (χ3n) is 3.54. The maximum absolute atomic E-state index is 12.4. The standard InChI is InChI=1S/C14H21N3O/c1-12-6-4-5-7-13(12)16(3)14(18)17-10-8-15(2)9-11-17/h4-7H,8-11H2,1-3H3. The molecule has 0 atom stereocenters. The van der Waals surface area contributed by atoms with Crippen LogP contribution in [-0.2, 0) is 0 Å². The molecule has 98 valence electrons. The minimum atomic E-state index is 0.0948. The van der Waals surface area contributed by atoms with E-state index in [1.54, 1.807) is 4.90 Å². The molecule has 1 heterocycles. The highest BCUT2D eigenvalue weighted by atomic mass is 16.2. The lowest BCUT2D eigenvalue weighted by molar-refractivity contribution is 0.160. The molecule has 0 spiro atoms. The Morgan fingerprint density at radius 3 is 2.39 bits per heavy atom. The maximum atomic E-state index is 12.4. The van der Waals surface area contributed by atoms with Crippen LogP contribution in [0, 0.1) is 6.92 Å². The number of para-hydroxylation sites is 1. The predicted octanol–water partition coefficient (Wildman–Crippen LogP) is 1.80. The number of nitrogens with zero attached hydrogens (tertiary/aromatic N) is 3. The van der Waals surface area contributed by atoms with Crippen LogP contribution in [0.1, 0.15) is 5.56 Å². The third kappa shape index (κ3) is 2.64. The number of hydrogen-bond donors (Lipinski definition) is 0. The van der Waals surface area contributed by atoms with Crippen LogP contribution < -0.4 is 4.90 Å². The Hall–Kier alpha value is -1.55. The van der Waals surface area contributed by atoms with E-state index in [2.05, 4.69) is 11.9 Å². The van der Waals surface area contributed by atoms with Crippen molar-refractivity contribution in [2.75, 3.05) is 45.2 Å². The van der Waals surface area contributed by atoms with Gasteiger partial charge in [-0.15, -0.1) is 0 Å². The second kappa shape index (κ2) is 5.40. The molecule has 0 saturated carbocycles. The molecule has 1 aliphatic rings. The lowest BCUT2D eigenvalue weighted by Crippen LogP contribution is -2.51. The summed E-state index contributed by atoms with van der Waals surface area (Å²) >= 11 is 0. The van der Waals surface area contributed by atoms with E-state index in [4.69, 9.17) is 0 Å². The fourth-order valence-electron chi connectivity index (χ4n) is 2.25. The Kier molecular flexibility index (Phi) is 3.87. The normalized spacial score (nSPS) is 16.7. The number of rotatable bonds is 1. The molecule has 1 aromatic rings. The van der Waals surface area contributed by atoms with Gasteiger partial charge >= 0.3 is 6.03 Å². The molecular formula is C14H21N3O. The number of anilines is 1. The van der Waals surface area contributed by atoms with Crippen molar-refractivity contribution in [1.29, 1.82) is 0 Å². The monoisotopic (exact) mass is 247 g/mol. The van der Waals surface area contributed by atoms with Gasteiger partial charge in [-0.1, -0.05) is 18.2 Å². The van der Waals surface area contributed by atoms with Crippen LogP contribution in [0.15, 0.2) is 24.3 Å². The van der Waals surface area contributed by atoms with E-state index in [0.717, 1.165) is 37.4 Å². The van der Waals surface area contributed by atoms with E-state index >= 15 is 0 Å². The molecule has 18 heavy (non-hydrogen) atoms. The number of piperazine rings is 1. The molecule has 2 amide bonds. The van der Waals surface area contributed by atoms with Gasteiger partial charge < -0.3 is 9.80 Å². The highest BCUT2D eigenvalue weighted by Crippen LogP contribution is 2.19. The van der Waals surface area contributed by atoms with E-state index in [0.29, 0.717) is 0 Å². The molecule has 1 saturated heterocycles. The minimum Gasteiger partial charge on any atom is -0.322 e. The zero-order valence-electron chi connectivity index (χ0n) is 11.4. The Balaban J connectivity index is 2.07. The van der Waals surface area contributed by atoms with Gasteiger partial charge in [0.25, 0.3) is 0 Å². The number of benzene rings is 1. The van der Waals surface area contributed by atoms with Crippen LogP contribution in [0.4, 0.5) is 10.5 Å². The Morgan fingerprint density at radius 1 is 1.17 bits per heavy atom. The van der Waals surface area contributed by atoms with Gasteiger partial charge in [0.15, 0.2) is 0 Å². The molecule has 0 bridgehead atoms. The van der Waals surface area contributed by atoms with E-state index in [9.17, 15) is 4.79 Å². The van der Waals surface area contributed by atoms with E-state index in [1.807, 2.05) is 43.1 Å². The lowest BCUT2D eigenvalue weighted by atomic mass is 10.2. The number of aryl methyl sites for hydroxylation is 1. The summed E-state index contributed by atoms with van der Waals surface area (Å²) in [5.41, 5.74) is 2.11. The number of carbonyl (C=O) groups is 1. The summed E-state index contributed by atoms with van der Waals surface area (Å²) in [7, 11) is 3.94. The zero-order valence-corrected chi connectivity index (χ0v) is 11.4. The highest BCUT2D eigenvalue weighted by molar-refractivity contribution is 5.92. The average molecular weight is 247 g/mol. The minimum absolute atomic E-state index is 0.0948. The van der Waals surface area contributed by atoms with Crippen molar-refractivity contribution >= 4 is 11.7 Å². The van der Waals surface area contributed by atoms with Gasteiger partial charge in [-0.05, 0) is 25.6 Å². The number of carbonyl (C=O) groups excluding carboxylic acids is 1. The summed E-state index contributed by atoms with van der Waals surface area (Å²) in [6.07, 6.45) is 0. The van der Waals surface area contributed by atoms with Crippen molar-refractivity contribution in [3.63, 3.8) is 0 Å². The topological polar surface area (TPSA) is 26.8 Å². The van der Waals surface area contributed by atoms with Gasteiger partial charge in [-0.2, -0.15) is 0 Å². The first-order valence-electron chi connectivity index (χ1n) is 6.36. The Bertz CT molecular complexity index is 425. The number of likely N-dealkylation sites (N-methyl/N-ethyl adjacent to an activating group) is 1. The molecule has 1 aromatic carbocycles. The number of hydrogen-bond acceptors (Lipinski definition) is 2. The second-order valence-corrected chi connectivity index (χ2v) is 4.92. The number of amides is 2. The highest BCUT2D eigenvalue weighted by Gasteiger charge is 2.23. The van der Waals surface area contributed by atoms with E-state index in [-0.39, 0.29) is 6.03 Å². The van der Waals surface area contributed by atoms with Crippen LogP contribution in [0.5, 0.6) is 0 Å². The second-order valence-electron chi connectivity index (χ2n) is 4.92. The van der Waals surface area contributed by atoms with Crippen molar-refractivity contribution in [1.82, 2.24) is 9.80 Å². The molecule has 1 aliphatic heterocycles. The van der Waals surface area contributed by atoms with E-state index < -0.39 is 0 Å². The fourth-order valence-corrected chi connectivity index (χ4v) is 2.25. The fraction of sp³-hybridized carbons (Fsp3) is 0.500. The SMILES string of the molecule is Cc1ccccc1N(C)C(=O)N1CCN(C)CC1. The molecule has 2 rings (SSSR count). The molecular weight excluding hydrogens is 226 g/mol. The summed E-state index contributed by atoms with van der Waals surface area (Å²) in [6, 6.07) is 8.08. The summed E-state index contributed by atoms with van der Waals surface area (Å²) in [4.78, 5) is 18.3. The molecule has 0 aliphatic carbocycles. The van der Waals surface area contributed by atoms with Gasteiger partial charge in [0.05, 0.1) is 0 Å². The van der Waals surface area contributed by atoms with Crippen LogP contribution in [0.25, 0.3) is 0 Å². The summed E-state index contributed by atoms with van der Waals surface area (Å²) < 4.78 is 0. The van der Waals surface area contributed by atoms with Crippen LogP contribution in [0.2, 0.25) is 0 Å². The largest absolute Gasteiger partial charge is 0.324 e. The lowest BCUT2D eigenvalue weighted by Gasteiger charge is -2.35. The first-order chi connectivity index (χ1) is 8.59. The first kappa shape index (κ1) is 12.9. The van der Waals surface area contributed by atoms with Gasteiger partial charge in [-0.25, -0.2) is 4.79 Å². The van der Waals surface area contributed by atoms with Crippen molar-refractivity contribution in [2.24, 2.45) is 0 Å². The van der Waals surface area contributed by atoms with Crippen molar-refractivity contribution in [3.8, 4) is 0 Å². The van der Waals surface area contributed by atoms with Crippen molar-refractivity contribution in [3.05, 3.63) is 29.8 Å². The molecule has 4 heteroatoms. The molecule has 1 fully saturated rings. The average Bonchev–Trinajstić information content (AvgIpc) is 2.38. The predicted molar refractivity (Wildman–Crippen MR) is 74.0 cm³/mol. The summed E-state index contributed by atoms with van der Waals surface area (Å²) in [5, 5.41) is 0. The smallest absolute Gasteiger partial charge is 0.322 e. The van der Waals surface area contributed by atoms with Crippen LogP contribution >= 0.6 is 0 Å². The van der Waals surface area contributed by atoms with Gasteiger partial charge in [0, 0.05) is 38.9 Å². The van der Waals surface area contributed by atoms with Crippen molar-refractivity contribution in [2.45, 2.75) is 6.92 Å². The molecule has 0 unspecified atom stereocenters. The quantitative estimate of drug-likeness (QED) is 0.756. The molecule has 4 nitrogen and oxygen atoms in total. The van der Waals surface area contributed by atoms with Gasteiger partial charge in [0.2, 0.25) is 0 Å². The van der Waals surface area contributed by atoms with Gasteiger partial charge in [0.1, 0.15) is 0 Å². The Morgan fingerprint density at radius 2 is 1.78 bits per heavy atom.